The molecule has 1 N–H and O–H groups in total. The van der Waals surface area contributed by atoms with Gasteiger partial charge < -0.3 is 10.1 Å². The standard InChI is InChI=1S/C19H29NO/c1-4-18(5-2)12-19(13-18,14-20-16-8-9-16)15-6-10-17(21-3)11-7-15/h6-7,10-11,16,20H,4-5,8-9,12-14H2,1-3H3. The van der Waals surface area contributed by atoms with Crippen molar-refractivity contribution < 1.29 is 4.74 Å². The molecule has 1 aromatic carbocycles. The monoisotopic (exact) mass is 287 g/mol. The summed E-state index contributed by atoms with van der Waals surface area (Å²) in [6.07, 6.45) is 8.02. The van der Waals surface area contributed by atoms with Gasteiger partial charge in [0.2, 0.25) is 0 Å². The third-order valence-electron chi connectivity index (χ3n) is 5.94. The lowest BCUT2D eigenvalue weighted by Crippen LogP contribution is -2.54. The fourth-order valence-corrected chi connectivity index (χ4v) is 4.14. The highest BCUT2D eigenvalue weighted by Crippen LogP contribution is 2.59. The van der Waals surface area contributed by atoms with Crippen molar-refractivity contribution >= 4 is 0 Å². The van der Waals surface area contributed by atoms with E-state index in [9.17, 15) is 0 Å². The SMILES string of the molecule is CCC1(CC)CC(CNC2CC2)(c2ccc(OC)cc2)C1. The molecule has 116 valence electrons. The summed E-state index contributed by atoms with van der Waals surface area (Å²) in [4.78, 5) is 0. The maximum Gasteiger partial charge on any atom is 0.118 e. The first-order valence-electron chi connectivity index (χ1n) is 8.53. The maximum atomic E-state index is 5.31. The number of ether oxygens (including phenoxy) is 1. The van der Waals surface area contributed by atoms with Crippen molar-refractivity contribution in [3.8, 4) is 5.75 Å². The molecule has 2 fully saturated rings. The van der Waals surface area contributed by atoms with Crippen LogP contribution in [-0.4, -0.2) is 19.7 Å². The molecule has 0 amide bonds. The molecule has 0 bridgehead atoms. The fraction of sp³-hybridized carbons (Fsp3) is 0.684. The van der Waals surface area contributed by atoms with Crippen molar-refractivity contribution in [2.24, 2.45) is 5.41 Å². The number of nitrogens with one attached hydrogen (secondary N) is 1. The van der Waals surface area contributed by atoms with Crippen LogP contribution in [0.1, 0.15) is 57.9 Å². The Labute approximate surface area is 129 Å². The lowest BCUT2D eigenvalue weighted by molar-refractivity contribution is 0.0126. The van der Waals surface area contributed by atoms with Crippen molar-refractivity contribution in [2.75, 3.05) is 13.7 Å². The number of hydrogen-bond acceptors (Lipinski definition) is 2. The van der Waals surface area contributed by atoms with Crippen LogP contribution in [0.4, 0.5) is 0 Å². The summed E-state index contributed by atoms with van der Waals surface area (Å²) >= 11 is 0. The molecule has 1 aromatic rings. The van der Waals surface area contributed by atoms with Gasteiger partial charge in [0.25, 0.3) is 0 Å². The van der Waals surface area contributed by atoms with Gasteiger partial charge in [0.15, 0.2) is 0 Å². The molecule has 2 aliphatic rings. The zero-order valence-electron chi connectivity index (χ0n) is 13.7. The molecule has 0 unspecified atom stereocenters. The predicted molar refractivity (Wildman–Crippen MR) is 87.9 cm³/mol. The molecular weight excluding hydrogens is 258 g/mol. The summed E-state index contributed by atoms with van der Waals surface area (Å²) in [5.74, 6) is 0.959. The Morgan fingerprint density at radius 2 is 1.71 bits per heavy atom. The van der Waals surface area contributed by atoms with Gasteiger partial charge in [0.1, 0.15) is 5.75 Å². The van der Waals surface area contributed by atoms with Crippen LogP contribution in [-0.2, 0) is 5.41 Å². The molecule has 0 radical (unpaired) electrons. The number of methoxy groups -OCH3 is 1. The molecule has 0 heterocycles. The van der Waals surface area contributed by atoms with E-state index in [1.54, 1.807) is 7.11 Å². The van der Waals surface area contributed by atoms with Crippen molar-refractivity contribution in [2.45, 2.75) is 63.8 Å². The first-order chi connectivity index (χ1) is 10.2. The van der Waals surface area contributed by atoms with Gasteiger partial charge in [-0.3, -0.25) is 0 Å². The lowest BCUT2D eigenvalue weighted by Gasteiger charge is -2.57. The molecule has 2 saturated carbocycles. The minimum atomic E-state index is 0.348. The Morgan fingerprint density at radius 1 is 1.10 bits per heavy atom. The van der Waals surface area contributed by atoms with Crippen LogP contribution in [0, 0.1) is 5.41 Å². The number of benzene rings is 1. The molecule has 0 aliphatic heterocycles. The Balaban J connectivity index is 1.78. The van der Waals surface area contributed by atoms with E-state index in [0.29, 0.717) is 10.8 Å². The van der Waals surface area contributed by atoms with E-state index < -0.39 is 0 Å². The molecule has 2 aliphatic carbocycles. The van der Waals surface area contributed by atoms with Gasteiger partial charge in [-0.05, 0) is 48.8 Å². The Bertz CT molecular complexity index is 463. The van der Waals surface area contributed by atoms with Crippen LogP contribution >= 0.6 is 0 Å². The van der Waals surface area contributed by atoms with Gasteiger partial charge in [-0.15, -0.1) is 0 Å². The fourth-order valence-electron chi connectivity index (χ4n) is 4.14. The lowest BCUT2D eigenvalue weighted by atomic mass is 9.48. The van der Waals surface area contributed by atoms with Crippen LogP contribution < -0.4 is 10.1 Å². The largest absolute Gasteiger partial charge is 0.497 e. The van der Waals surface area contributed by atoms with Gasteiger partial charge in [-0.2, -0.15) is 0 Å². The summed E-state index contributed by atoms with van der Waals surface area (Å²) < 4.78 is 5.31. The highest BCUT2D eigenvalue weighted by atomic mass is 16.5. The van der Waals surface area contributed by atoms with E-state index in [1.165, 1.54) is 44.1 Å². The first kappa shape index (κ1) is 14.9. The Hall–Kier alpha value is -1.02. The van der Waals surface area contributed by atoms with Crippen LogP contribution in [0.3, 0.4) is 0 Å². The topological polar surface area (TPSA) is 21.3 Å². The third-order valence-corrected chi connectivity index (χ3v) is 5.94. The highest BCUT2D eigenvalue weighted by Gasteiger charge is 2.53. The summed E-state index contributed by atoms with van der Waals surface area (Å²) in [7, 11) is 1.74. The normalized spacial score (nSPS) is 22.6. The van der Waals surface area contributed by atoms with Crippen molar-refractivity contribution in [3.63, 3.8) is 0 Å². The highest BCUT2D eigenvalue weighted by molar-refractivity contribution is 5.36. The molecule has 2 heteroatoms. The van der Waals surface area contributed by atoms with Crippen LogP contribution in [0.5, 0.6) is 5.75 Å². The molecule has 0 aromatic heterocycles. The van der Waals surface area contributed by atoms with Crippen LogP contribution in [0.15, 0.2) is 24.3 Å². The second kappa shape index (κ2) is 5.64. The maximum absolute atomic E-state index is 5.31. The predicted octanol–water partition coefficient (Wildman–Crippen LogP) is 4.29. The minimum absolute atomic E-state index is 0.348. The van der Waals surface area contributed by atoms with Gasteiger partial charge >= 0.3 is 0 Å². The van der Waals surface area contributed by atoms with Crippen LogP contribution in [0.25, 0.3) is 0 Å². The van der Waals surface area contributed by atoms with Gasteiger partial charge in [0, 0.05) is 18.0 Å². The van der Waals surface area contributed by atoms with Gasteiger partial charge in [-0.1, -0.05) is 38.8 Å². The summed E-state index contributed by atoms with van der Waals surface area (Å²) in [5.41, 5.74) is 2.42. The second-order valence-corrected chi connectivity index (χ2v) is 7.22. The van der Waals surface area contributed by atoms with Gasteiger partial charge in [0.05, 0.1) is 7.11 Å². The smallest absolute Gasteiger partial charge is 0.118 e. The summed E-state index contributed by atoms with van der Waals surface area (Å²) in [6.45, 7) is 5.86. The second-order valence-electron chi connectivity index (χ2n) is 7.22. The van der Waals surface area contributed by atoms with Crippen LogP contribution in [0.2, 0.25) is 0 Å². The van der Waals surface area contributed by atoms with Crippen molar-refractivity contribution in [3.05, 3.63) is 29.8 Å². The number of hydrogen-bond donors (Lipinski definition) is 1. The summed E-state index contributed by atoms with van der Waals surface area (Å²) in [6, 6.07) is 9.59. The van der Waals surface area contributed by atoms with E-state index in [1.807, 2.05) is 0 Å². The van der Waals surface area contributed by atoms with E-state index >= 15 is 0 Å². The molecule has 2 nitrogen and oxygen atoms in total. The number of rotatable bonds is 7. The van der Waals surface area contributed by atoms with E-state index in [2.05, 4.69) is 43.4 Å². The third kappa shape index (κ3) is 2.83. The van der Waals surface area contributed by atoms with E-state index in [0.717, 1.165) is 18.3 Å². The zero-order valence-corrected chi connectivity index (χ0v) is 13.7. The van der Waals surface area contributed by atoms with Crippen molar-refractivity contribution in [1.29, 1.82) is 0 Å². The quantitative estimate of drug-likeness (QED) is 0.808. The summed E-state index contributed by atoms with van der Waals surface area (Å²) in [5, 5.41) is 3.78. The van der Waals surface area contributed by atoms with E-state index in [-0.39, 0.29) is 0 Å². The average molecular weight is 287 g/mol. The zero-order chi connectivity index (χ0) is 14.9. The Kier molecular flexibility index (Phi) is 4.00. The first-order valence-corrected chi connectivity index (χ1v) is 8.53. The molecular formula is C19H29NO. The Morgan fingerprint density at radius 3 is 2.19 bits per heavy atom. The average Bonchev–Trinajstić information content (AvgIpc) is 3.32. The molecule has 3 rings (SSSR count). The van der Waals surface area contributed by atoms with Crippen molar-refractivity contribution in [1.82, 2.24) is 5.32 Å². The molecule has 0 atom stereocenters. The molecule has 0 spiro atoms. The van der Waals surface area contributed by atoms with E-state index in [4.69, 9.17) is 4.74 Å². The minimum Gasteiger partial charge on any atom is -0.497 e. The molecule has 21 heavy (non-hydrogen) atoms. The molecule has 0 saturated heterocycles. The van der Waals surface area contributed by atoms with Gasteiger partial charge in [-0.25, -0.2) is 0 Å².